The smallest absolute Gasteiger partial charge is 0.326 e. The van der Waals surface area contributed by atoms with Gasteiger partial charge in [0.25, 0.3) is 0 Å². The van der Waals surface area contributed by atoms with Crippen LogP contribution in [0, 0.1) is 0 Å². The summed E-state index contributed by atoms with van der Waals surface area (Å²) in [5.74, 6) is -6.44. The number of rotatable bonds is 20. The largest absolute Gasteiger partial charge is 0.481 e. The fourth-order valence-corrected chi connectivity index (χ4v) is 3.17. The molecular formula is C21H39N9O8. The van der Waals surface area contributed by atoms with Crippen LogP contribution in [0.3, 0.4) is 0 Å². The molecule has 4 amide bonds. The Morgan fingerprint density at radius 1 is 0.737 bits per heavy atom. The predicted octanol–water partition coefficient (Wildman–Crippen LogP) is -4.22. The van der Waals surface area contributed by atoms with Gasteiger partial charge in [0.15, 0.2) is 5.96 Å². The van der Waals surface area contributed by atoms with Crippen molar-refractivity contribution >= 4 is 41.5 Å². The molecule has 0 spiro atoms. The van der Waals surface area contributed by atoms with Crippen LogP contribution in [0.4, 0.5) is 0 Å². The third-order valence-electron chi connectivity index (χ3n) is 5.18. The standard InChI is InChI=1S/C21H39N9O8/c22-8-2-1-5-12(28-17(34)11(23)4-3-9-27-21(25)26)18(35)30-14(10-15(24)31)19(36)29-13(20(37)38)6-7-16(32)33/h11-14H,1-10,22-23H2,(H2,24,31)(H,28,34)(H,29,36)(H,30,35)(H,32,33)(H,37,38)(H4,25,26,27). The van der Waals surface area contributed by atoms with E-state index < -0.39 is 79.0 Å². The molecule has 17 heteroatoms. The summed E-state index contributed by atoms with van der Waals surface area (Å²) in [6, 6.07) is -5.34. The number of hydrogen-bond acceptors (Lipinski definition) is 9. The Kier molecular flexibility index (Phi) is 16.4. The number of primary amides is 1. The minimum atomic E-state index is -1.59. The maximum absolute atomic E-state index is 13.0. The first-order valence-corrected chi connectivity index (χ1v) is 11.9. The molecule has 4 unspecified atom stereocenters. The van der Waals surface area contributed by atoms with E-state index in [-0.39, 0.29) is 25.3 Å². The average molecular weight is 546 g/mol. The Labute approximate surface area is 219 Å². The van der Waals surface area contributed by atoms with Crippen molar-refractivity contribution < 1.29 is 39.0 Å². The number of aliphatic carboxylic acids is 2. The van der Waals surface area contributed by atoms with Crippen molar-refractivity contribution in [3.8, 4) is 0 Å². The number of guanidine groups is 1. The number of nitrogens with two attached hydrogens (primary N) is 5. The molecule has 0 rings (SSSR count). The first-order valence-electron chi connectivity index (χ1n) is 11.9. The van der Waals surface area contributed by atoms with Gasteiger partial charge in [0, 0.05) is 13.0 Å². The third-order valence-corrected chi connectivity index (χ3v) is 5.18. The molecule has 216 valence electrons. The highest BCUT2D eigenvalue weighted by Gasteiger charge is 2.31. The molecule has 0 aromatic carbocycles. The molecular weight excluding hydrogens is 506 g/mol. The van der Waals surface area contributed by atoms with E-state index in [2.05, 4.69) is 20.9 Å². The van der Waals surface area contributed by atoms with Crippen LogP contribution in [0.25, 0.3) is 0 Å². The summed E-state index contributed by atoms with van der Waals surface area (Å²) < 4.78 is 0. The monoisotopic (exact) mass is 545 g/mol. The van der Waals surface area contributed by atoms with Gasteiger partial charge in [-0.05, 0) is 45.1 Å². The molecule has 0 aromatic rings. The molecule has 0 saturated carbocycles. The summed E-state index contributed by atoms with van der Waals surface area (Å²) in [7, 11) is 0. The first kappa shape index (κ1) is 34.0. The Morgan fingerprint density at radius 3 is 1.84 bits per heavy atom. The summed E-state index contributed by atoms with van der Waals surface area (Å²) in [5.41, 5.74) is 27.0. The van der Waals surface area contributed by atoms with Gasteiger partial charge < -0.3 is 54.8 Å². The number of aliphatic imine (C=N–C) groups is 1. The molecule has 4 atom stereocenters. The minimum Gasteiger partial charge on any atom is -0.481 e. The number of amides is 4. The van der Waals surface area contributed by atoms with Gasteiger partial charge in [-0.3, -0.25) is 29.0 Å². The van der Waals surface area contributed by atoms with E-state index in [0.717, 1.165) is 0 Å². The van der Waals surface area contributed by atoms with Gasteiger partial charge in [-0.1, -0.05) is 0 Å². The molecule has 0 aliphatic carbocycles. The number of hydrogen-bond donors (Lipinski definition) is 10. The van der Waals surface area contributed by atoms with Crippen LogP contribution in [0.1, 0.15) is 51.4 Å². The zero-order valence-corrected chi connectivity index (χ0v) is 21.1. The van der Waals surface area contributed by atoms with Crippen molar-refractivity contribution in [3.05, 3.63) is 0 Å². The second-order valence-corrected chi connectivity index (χ2v) is 8.46. The van der Waals surface area contributed by atoms with Crippen molar-refractivity contribution in [2.75, 3.05) is 13.1 Å². The van der Waals surface area contributed by atoms with Gasteiger partial charge in [0.1, 0.15) is 18.1 Å². The van der Waals surface area contributed by atoms with E-state index in [9.17, 15) is 33.9 Å². The fraction of sp³-hybridized carbons (Fsp3) is 0.667. The lowest BCUT2D eigenvalue weighted by Crippen LogP contribution is -2.57. The van der Waals surface area contributed by atoms with Crippen molar-refractivity contribution in [2.45, 2.75) is 75.5 Å². The van der Waals surface area contributed by atoms with Crippen LogP contribution in [0.2, 0.25) is 0 Å². The molecule has 0 saturated heterocycles. The number of carbonyl (C=O) groups excluding carboxylic acids is 4. The zero-order chi connectivity index (χ0) is 29.3. The second kappa shape index (κ2) is 18.3. The Morgan fingerprint density at radius 2 is 1.32 bits per heavy atom. The molecule has 0 bridgehead atoms. The Hall–Kier alpha value is -3.99. The highest BCUT2D eigenvalue weighted by atomic mass is 16.4. The molecule has 15 N–H and O–H groups in total. The number of nitrogens with zero attached hydrogens (tertiary/aromatic N) is 1. The molecule has 38 heavy (non-hydrogen) atoms. The summed E-state index contributed by atoms with van der Waals surface area (Å²) in [4.78, 5) is 75.7. The molecule has 0 aliphatic heterocycles. The first-order chi connectivity index (χ1) is 17.8. The van der Waals surface area contributed by atoms with Gasteiger partial charge in [-0.25, -0.2) is 4.79 Å². The fourth-order valence-electron chi connectivity index (χ4n) is 3.17. The van der Waals surface area contributed by atoms with Crippen molar-refractivity contribution in [3.63, 3.8) is 0 Å². The van der Waals surface area contributed by atoms with Crippen LogP contribution in [-0.4, -0.2) is 89.0 Å². The molecule has 0 radical (unpaired) electrons. The van der Waals surface area contributed by atoms with E-state index in [1.54, 1.807) is 0 Å². The summed E-state index contributed by atoms with van der Waals surface area (Å²) in [6.07, 6.45) is 0.00560. The third kappa shape index (κ3) is 15.2. The van der Waals surface area contributed by atoms with Crippen LogP contribution >= 0.6 is 0 Å². The second-order valence-electron chi connectivity index (χ2n) is 8.46. The van der Waals surface area contributed by atoms with Gasteiger partial charge in [0.05, 0.1) is 12.5 Å². The van der Waals surface area contributed by atoms with E-state index in [0.29, 0.717) is 25.8 Å². The van der Waals surface area contributed by atoms with Gasteiger partial charge in [-0.15, -0.1) is 0 Å². The summed E-state index contributed by atoms with van der Waals surface area (Å²) in [6.45, 7) is 0.573. The van der Waals surface area contributed by atoms with Crippen LogP contribution < -0.4 is 44.6 Å². The number of carbonyl (C=O) groups is 6. The number of carboxylic acids is 2. The summed E-state index contributed by atoms with van der Waals surface area (Å²) in [5, 5.41) is 24.9. The average Bonchev–Trinajstić information content (AvgIpc) is 2.82. The SMILES string of the molecule is NCCCCC(NC(=O)C(N)CCCN=C(N)N)C(=O)NC(CC(N)=O)C(=O)NC(CCC(=O)O)C(=O)O. The highest BCUT2D eigenvalue weighted by Crippen LogP contribution is 2.06. The van der Waals surface area contributed by atoms with E-state index in [1.807, 2.05) is 0 Å². The Bertz CT molecular complexity index is 864. The van der Waals surface area contributed by atoms with Gasteiger partial charge in [-0.2, -0.15) is 0 Å². The van der Waals surface area contributed by atoms with Crippen molar-refractivity contribution in [2.24, 2.45) is 33.7 Å². The molecule has 0 aromatic heterocycles. The molecule has 17 nitrogen and oxygen atoms in total. The zero-order valence-electron chi connectivity index (χ0n) is 21.1. The van der Waals surface area contributed by atoms with Crippen LogP contribution in [-0.2, 0) is 28.8 Å². The van der Waals surface area contributed by atoms with E-state index >= 15 is 0 Å². The number of carboxylic acid groups (broad SMARTS) is 2. The lowest BCUT2D eigenvalue weighted by atomic mass is 10.0. The molecule has 0 aliphatic rings. The molecule has 0 heterocycles. The lowest BCUT2D eigenvalue weighted by molar-refractivity contribution is -0.143. The maximum Gasteiger partial charge on any atom is 0.326 e. The molecule has 0 fully saturated rings. The highest BCUT2D eigenvalue weighted by molar-refractivity contribution is 5.96. The lowest BCUT2D eigenvalue weighted by Gasteiger charge is -2.24. The Balaban J connectivity index is 5.47. The van der Waals surface area contributed by atoms with E-state index in [4.69, 9.17) is 33.8 Å². The summed E-state index contributed by atoms with van der Waals surface area (Å²) >= 11 is 0. The van der Waals surface area contributed by atoms with E-state index in [1.165, 1.54) is 0 Å². The predicted molar refractivity (Wildman–Crippen MR) is 135 cm³/mol. The van der Waals surface area contributed by atoms with Crippen molar-refractivity contribution in [1.82, 2.24) is 16.0 Å². The minimum absolute atomic E-state index is 0.106. The number of unbranched alkanes of at least 4 members (excludes halogenated alkanes) is 1. The van der Waals surface area contributed by atoms with Crippen molar-refractivity contribution in [1.29, 1.82) is 0 Å². The topological polar surface area (TPSA) is 321 Å². The van der Waals surface area contributed by atoms with Gasteiger partial charge >= 0.3 is 11.9 Å². The maximum atomic E-state index is 13.0. The number of nitrogens with one attached hydrogen (secondary N) is 3. The van der Waals surface area contributed by atoms with Crippen LogP contribution in [0.15, 0.2) is 4.99 Å². The quantitative estimate of drug-likeness (QED) is 0.0395. The van der Waals surface area contributed by atoms with Gasteiger partial charge in [0.2, 0.25) is 23.6 Å². The van der Waals surface area contributed by atoms with Crippen LogP contribution in [0.5, 0.6) is 0 Å². The normalized spacial score (nSPS) is 13.7.